The van der Waals surface area contributed by atoms with Gasteiger partial charge < -0.3 is 15.2 Å². The van der Waals surface area contributed by atoms with Gasteiger partial charge in [0.1, 0.15) is 23.9 Å². The fourth-order valence-electron chi connectivity index (χ4n) is 1.48. The summed E-state index contributed by atoms with van der Waals surface area (Å²) in [6.45, 7) is 1.90. The standard InChI is InChI=1S/C10H11N7O3/c1-2-19-10(18)15-6-3-5(11)8-9(14-6)20-4-7(13-8)16-17-12/h3H,2,4H2,1H3,(H3,11,14,15,18). The average molecular weight is 277 g/mol. The number of nitrogens with zero attached hydrogens (tertiary/aromatic N) is 5. The van der Waals surface area contributed by atoms with Crippen LogP contribution < -0.4 is 15.8 Å². The number of rotatable bonds is 2. The van der Waals surface area contributed by atoms with E-state index < -0.39 is 6.09 Å². The molecule has 104 valence electrons. The van der Waals surface area contributed by atoms with Crippen molar-refractivity contribution in [3.05, 3.63) is 16.5 Å². The third-order valence-electron chi connectivity index (χ3n) is 2.23. The number of ether oxygens (including phenoxy) is 2. The normalized spacial score (nSPS) is 12.3. The number of carbonyl (C=O) groups excluding carboxylic acids is 1. The van der Waals surface area contributed by atoms with E-state index in [2.05, 4.69) is 25.3 Å². The first-order valence-corrected chi connectivity index (χ1v) is 5.63. The van der Waals surface area contributed by atoms with E-state index in [0.717, 1.165) is 0 Å². The Morgan fingerprint density at radius 1 is 1.75 bits per heavy atom. The summed E-state index contributed by atoms with van der Waals surface area (Å²) in [5.41, 5.74) is 14.6. The Morgan fingerprint density at radius 3 is 3.25 bits per heavy atom. The molecule has 1 aliphatic rings. The summed E-state index contributed by atoms with van der Waals surface area (Å²) in [6, 6.07) is 1.40. The topological polar surface area (TPSA) is 148 Å². The molecule has 0 unspecified atom stereocenters. The van der Waals surface area contributed by atoms with Crippen LogP contribution in [0, 0.1) is 0 Å². The van der Waals surface area contributed by atoms with Gasteiger partial charge in [-0.05, 0) is 17.6 Å². The molecule has 0 spiro atoms. The molecule has 0 atom stereocenters. The number of fused-ring (bicyclic) bond motifs is 1. The molecule has 20 heavy (non-hydrogen) atoms. The molecule has 3 N–H and O–H groups in total. The van der Waals surface area contributed by atoms with E-state index in [9.17, 15) is 4.79 Å². The van der Waals surface area contributed by atoms with Crippen LogP contribution in [0.1, 0.15) is 6.92 Å². The van der Waals surface area contributed by atoms with Crippen LogP contribution in [-0.4, -0.2) is 30.1 Å². The molecule has 0 saturated carbocycles. The van der Waals surface area contributed by atoms with Crippen molar-refractivity contribution in [2.45, 2.75) is 6.92 Å². The Bertz CT molecular complexity index is 622. The number of anilines is 2. The molecule has 0 aliphatic carbocycles. The Morgan fingerprint density at radius 2 is 2.55 bits per heavy atom. The quantitative estimate of drug-likeness (QED) is 0.481. The number of nitrogens with one attached hydrogen (secondary N) is 1. The molecule has 1 aromatic rings. The van der Waals surface area contributed by atoms with Crippen LogP contribution in [0.2, 0.25) is 0 Å². The van der Waals surface area contributed by atoms with Gasteiger partial charge in [-0.25, -0.2) is 9.79 Å². The minimum absolute atomic E-state index is 0.0215. The Labute approximate surface area is 113 Å². The van der Waals surface area contributed by atoms with Gasteiger partial charge in [0.05, 0.1) is 12.3 Å². The number of hydrogen-bond acceptors (Lipinski definition) is 7. The second-order valence-corrected chi connectivity index (χ2v) is 3.60. The summed E-state index contributed by atoms with van der Waals surface area (Å²) in [5.74, 6) is 0.482. The van der Waals surface area contributed by atoms with Gasteiger partial charge in [-0.1, -0.05) is 0 Å². The van der Waals surface area contributed by atoms with Gasteiger partial charge >= 0.3 is 6.09 Å². The molecule has 0 bridgehead atoms. The smallest absolute Gasteiger partial charge is 0.412 e. The Hall–Kier alpha value is -3.00. The van der Waals surface area contributed by atoms with Crippen molar-refractivity contribution >= 4 is 29.1 Å². The maximum atomic E-state index is 11.3. The number of amides is 1. The number of carbonyl (C=O) groups is 1. The largest absolute Gasteiger partial charge is 0.470 e. The van der Waals surface area contributed by atoms with Crippen molar-refractivity contribution in [2.75, 3.05) is 24.3 Å². The zero-order valence-electron chi connectivity index (χ0n) is 10.5. The lowest BCUT2D eigenvalue weighted by Crippen LogP contribution is -2.17. The van der Waals surface area contributed by atoms with Crippen molar-refractivity contribution in [3.8, 4) is 5.88 Å². The zero-order chi connectivity index (χ0) is 14.5. The highest BCUT2D eigenvalue weighted by molar-refractivity contribution is 5.92. The summed E-state index contributed by atoms with van der Waals surface area (Å²) in [5, 5.41) is 5.76. The third-order valence-corrected chi connectivity index (χ3v) is 2.23. The predicted molar refractivity (Wildman–Crippen MR) is 71.0 cm³/mol. The van der Waals surface area contributed by atoms with E-state index in [1.165, 1.54) is 6.07 Å². The number of amidine groups is 1. The third kappa shape index (κ3) is 2.87. The minimum atomic E-state index is -0.645. The lowest BCUT2D eigenvalue weighted by atomic mass is 10.3. The van der Waals surface area contributed by atoms with Crippen LogP contribution in [0.25, 0.3) is 10.4 Å². The number of nitrogen functional groups attached to an aromatic ring is 1. The Kier molecular flexibility index (Phi) is 3.87. The Balaban J connectivity index is 2.29. The average Bonchev–Trinajstić information content (AvgIpc) is 2.40. The number of aromatic nitrogens is 1. The van der Waals surface area contributed by atoms with Crippen LogP contribution in [-0.2, 0) is 4.74 Å². The predicted octanol–water partition coefficient (Wildman–Crippen LogP) is 1.96. The molecule has 2 rings (SSSR count). The molecule has 0 saturated heterocycles. The van der Waals surface area contributed by atoms with Crippen LogP contribution >= 0.6 is 0 Å². The van der Waals surface area contributed by atoms with Crippen LogP contribution in [0.3, 0.4) is 0 Å². The molecule has 1 amide bonds. The summed E-state index contributed by atoms with van der Waals surface area (Å²) in [4.78, 5) is 22.0. The summed E-state index contributed by atoms with van der Waals surface area (Å²) in [7, 11) is 0. The van der Waals surface area contributed by atoms with Crippen molar-refractivity contribution < 1.29 is 14.3 Å². The molecule has 2 heterocycles. The molecule has 0 aromatic carbocycles. The monoisotopic (exact) mass is 277 g/mol. The van der Waals surface area contributed by atoms with E-state index in [0.29, 0.717) is 0 Å². The van der Waals surface area contributed by atoms with E-state index in [1.807, 2.05) is 0 Å². The van der Waals surface area contributed by atoms with E-state index in [-0.39, 0.29) is 42.1 Å². The molecule has 1 aliphatic heterocycles. The minimum Gasteiger partial charge on any atom is -0.470 e. The SMILES string of the molecule is CCOC(=O)Nc1cc(N)c2c(n1)OCC(N=[N+]=[N-])=N2. The van der Waals surface area contributed by atoms with E-state index >= 15 is 0 Å². The highest BCUT2D eigenvalue weighted by atomic mass is 16.5. The fraction of sp³-hybridized carbons (Fsp3) is 0.300. The summed E-state index contributed by atoms with van der Waals surface area (Å²) < 4.78 is 10.00. The molecular formula is C10H11N7O3. The zero-order valence-corrected chi connectivity index (χ0v) is 10.5. The maximum Gasteiger partial charge on any atom is 0.412 e. The van der Waals surface area contributed by atoms with Crippen molar-refractivity contribution in [2.24, 2.45) is 10.1 Å². The summed E-state index contributed by atoms with van der Waals surface area (Å²) >= 11 is 0. The van der Waals surface area contributed by atoms with Crippen molar-refractivity contribution in [1.82, 2.24) is 4.98 Å². The number of nitrogens with two attached hydrogens (primary N) is 1. The second-order valence-electron chi connectivity index (χ2n) is 3.60. The number of pyridine rings is 1. The van der Waals surface area contributed by atoms with Crippen LogP contribution in [0.15, 0.2) is 16.2 Å². The van der Waals surface area contributed by atoms with Gasteiger partial charge in [0, 0.05) is 11.0 Å². The fourth-order valence-corrected chi connectivity index (χ4v) is 1.48. The molecule has 10 heteroatoms. The molecule has 1 aromatic heterocycles. The van der Waals surface area contributed by atoms with Crippen LogP contribution in [0.5, 0.6) is 5.88 Å². The van der Waals surface area contributed by atoms with Gasteiger partial charge in [0.2, 0.25) is 5.88 Å². The highest BCUT2D eigenvalue weighted by Crippen LogP contribution is 2.36. The van der Waals surface area contributed by atoms with Crippen molar-refractivity contribution in [3.63, 3.8) is 0 Å². The number of azide groups is 1. The van der Waals surface area contributed by atoms with Crippen LogP contribution in [0.4, 0.5) is 22.0 Å². The highest BCUT2D eigenvalue weighted by Gasteiger charge is 2.18. The maximum absolute atomic E-state index is 11.3. The number of aliphatic imine (C=N–C) groups is 1. The lowest BCUT2D eigenvalue weighted by molar-refractivity contribution is 0.168. The first-order valence-electron chi connectivity index (χ1n) is 5.63. The van der Waals surface area contributed by atoms with E-state index in [1.54, 1.807) is 6.92 Å². The first-order chi connectivity index (χ1) is 9.63. The molecular weight excluding hydrogens is 266 g/mol. The first kappa shape index (κ1) is 13.4. The molecule has 10 nitrogen and oxygen atoms in total. The van der Waals surface area contributed by atoms with Gasteiger partial charge in [-0.15, -0.1) is 0 Å². The van der Waals surface area contributed by atoms with E-state index in [4.69, 9.17) is 20.7 Å². The van der Waals surface area contributed by atoms with Gasteiger partial charge in [-0.2, -0.15) is 4.98 Å². The van der Waals surface area contributed by atoms with Gasteiger partial charge in [-0.3, -0.25) is 5.32 Å². The lowest BCUT2D eigenvalue weighted by Gasteiger charge is -2.16. The summed E-state index contributed by atoms with van der Waals surface area (Å²) in [6.07, 6.45) is -0.645. The molecule has 0 radical (unpaired) electrons. The second kappa shape index (κ2) is 5.76. The van der Waals surface area contributed by atoms with Gasteiger partial charge in [0.15, 0.2) is 0 Å². The molecule has 0 fully saturated rings. The number of hydrogen-bond donors (Lipinski definition) is 2. The van der Waals surface area contributed by atoms with Crippen molar-refractivity contribution in [1.29, 1.82) is 0 Å². The van der Waals surface area contributed by atoms with Gasteiger partial charge in [0.25, 0.3) is 0 Å².